The molecule has 0 spiro atoms. The van der Waals surface area contributed by atoms with E-state index >= 15 is 8.78 Å². The highest BCUT2D eigenvalue weighted by atomic mass is 31.2. The number of nitrogens with one attached hydrogen (secondary N) is 1. The van der Waals surface area contributed by atoms with Gasteiger partial charge in [-0.1, -0.05) is 0 Å². The number of aromatic amines is 1. The van der Waals surface area contributed by atoms with E-state index in [1.807, 2.05) is 0 Å². The van der Waals surface area contributed by atoms with Crippen molar-refractivity contribution in [1.82, 2.24) is 39.0 Å². The van der Waals surface area contributed by atoms with E-state index in [1.54, 1.807) is 0 Å². The number of rotatable bonds is 2. The Morgan fingerprint density at radius 3 is 2.38 bits per heavy atom. The summed E-state index contributed by atoms with van der Waals surface area (Å²) in [4.78, 5) is 55.4. The number of H-pyrrole nitrogens is 1. The molecule has 0 aliphatic carbocycles. The van der Waals surface area contributed by atoms with Gasteiger partial charge in [-0.15, -0.1) is 0 Å². The van der Waals surface area contributed by atoms with Crippen molar-refractivity contribution in [3.8, 4) is 0 Å². The molecular weight excluding hydrogens is 654 g/mol. The van der Waals surface area contributed by atoms with Crippen molar-refractivity contribution in [2.45, 2.75) is 49.2 Å². The van der Waals surface area contributed by atoms with E-state index in [1.165, 1.54) is 10.9 Å². The van der Waals surface area contributed by atoms with Gasteiger partial charge >= 0.3 is 15.4 Å². The molecule has 0 radical (unpaired) electrons. The summed E-state index contributed by atoms with van der Waals surface area (Å²) in [5.74, 6) is 0.0103. The minimum Gasteiger partial charge on any atom is -0.382 e. The molecule has 10 atom stereocenters. The van der Waals surface area contributed by atoms with Crippen LogP contribution < -0.4 is 11.3 Å². The Labute approximate surface area is 248 Å². The number of hydrogen-bond acceptors (Lipinski definition) is 15. The molecule has 3 saturated heterocycles. The van der Waals surface area contributed by atoms with E-state index in [2.05, 4.69) is 29.9 Å². The second-order valence-corrected chi connectivity index (χ2v) is 13.4. The maximum absolute atomic E-state index is 15.9. The van der Waals surface area contributed by atoms with Gasteiger partial charge in [0.15, 0.2) is 47.4 Å². The van der Waals surface area contributed by atoms with Crippen LogP contribution in [0.3, 0.4) is 0 Å². The summed E-state index contributed by atoms with van der Waals surface area (Å²) in [6.07, 6.45) is -10.7. The number of halogens is 2. The highest BCUT2D eigenvalue weighted by molar-refractivity contribution is 7.52. The van der Waals surface area contributed by atoms with Crippen LogP contribution in [0.4, 0.5) is 14.6 Å². The Morgan fingerprint density at radius 1 is 0.889 bits per heavy atom. The molecule has 4 aromatic heterocycles. The lowest BCUT2D eigenvalue weighted by Crippen LogP contribution is -2.36. The maximum atomic E-state index is 15.9. The van der Waals surface area contributed by atoms with Crippen LogP contribution in [0.15, 0.2) is 30.1 Å². The van der Waals surface area contributed by atoms with Crippen LogP contribution in [0.1, 0.15) is 12.5 Å². The molecule has 3 aliphatic rings. The van der Waals surface area contributed by atoms with Crippen LogP contribution in [0, 0.1) is 0 Å². The first-order valence-electron chi connectivity index (χ1n) is 13.1. The van der Waals surface area contributed by atoms with Crippen LogP contribution in [0.5, 0.6) is 0 Å². The van der Waals surface area contributed by atoms with Crippen LogP contribution in [0.2, 0.25) is 0 Å². The average molecular weight is 677 g/mol. The molecule has 20 nitrogen and oxygen atoms in total. The number of nitrogen functional groups attached to an aromatic ring is 1. The SMILES string of the molecule is Nc1ncnc2c1ncn2[C@@H]1O[C@@H]2COP(=O)(O)OC3[C@@H](F)[C@@H](COP(=O)(O)CO[C@@H]2C1F)O[C@H]3n1cnc2c(=O)[nH]cnc21. The number of phosphoric acid groups is 1. The van der Waals surface area contributed by atoms with Gasteiger partial charge in [-0.25, -0.2) is 38.3 Å². The molecule has 242 valence electrons. The van der Waals surface area contributed by atoms with E-state index in [0.29, 0.717) is 0 Å². The molecule has 4 unspecified atom stereocenters. The predicted octanol–water partition coefficient (Wildman–Crippen LogP) is 0.0732. The predicted molar refractivity (Wildman–Crippen MR) is 142 cm³/mol. The first-order chi connectivity index (χ1) is 21.4. The van der Waals surface area contributed by atoms with Crippen LogP contribution >= 0.6 is 15.4 Å². The van der Waals surface area contributed by atoms with Gasteiger partial charge in [-0.3, -0.25) is 27.5 Å². The zero-order valence-corrected chi connectivity index (χ0v) is 24.3. The zero-order chi connectivity index (χ0) is 31.7. The zero-order valence-electron chi connectivity index (χ0n) is 22.5. The average Bonchev–Trinajstić information content (AvgIpc) is 3.75. The van der Waals surface area contributed by atoms with E-state index < -0.39 is 89.8 Å². The fraction of sp³-hybridized carbons (Fsp3) is 0.524. The number of phosphoric ester groups is 1. The molecule has 2 bridgehead atoms. The Kier molecular flexibility index (Phi) is 7.55. The first-order valence-corrected chi connectivity index (χ1v) is 16.3. The normalized spacial score (nSPS) is 38.0. The fourth-order valence-corrected chi connectivity index (χ4v) is 7.02. The lowest BCUT2D eigenvalue weighted by molar-refractivity contribution is -0.0620. The molecule has 5 N–H and O–H groups in total. The van der Waals surface area contributed by atoms with Crippen molar-refractivity contribution < 1.29 is 55.5 Å². The standard InChI is InChI=1S/C21H23F2N9O11P2/c22-10-8-1-39-44(34,35)7-38-14-9(42-20(11(14)23)31-5-29-12-16(24)25-3-26-17(12)31)2-40-45(36,37)43-15(10)21(41-8)32-6-30-13-18(32)27-4-28-19(13)33/h3-6,8-11,14-15,20-21H,1-2,7H2,(H,34,35)(H,36,37)(H2,24,25,26)(H,27,28,33)/t8-,9-,10+,11?,14+,15?,20-,21-/m1/s1. The van der Waals surface area contributed by atoms with Gasteiger partial charge in [0, 0.05) is 0 Å². The van der Waals surface area contributed by atoms with Crippen molar-refractivity contribution in [2.24, 2.45) is 0 Å². The highest BCUT2D eigenvalue weighted by Gasteiger charge is 2.53. The number of hydrogen-bond donors (Lipinski definition) is 4. The number of fused-ring (bicyclic) bond motifs is 5. The lowest BCUT2D eigenvalue weighted by atomic mass is 10.1. The number of alkyl halides is 2. The van der Waals surface area contributed by atoms with Gasteiger partial charge in [-0.2, -0.15) is 0 Å². The number of anilines is 1. The van der Waals surface area contributed by atoms with Gasteiger partial charge in [0.25, 0.3) is 5.56 Å². The third-order valence-corrected chi connectivity index (χ3v) is 9.37. The molecule has 0 saturated carbocycles. The summed E-state index contributed by atoms with van der Waals surface area (Å²) in [5.41, 5.74) is 5.18. The number of imidazole rings is 2. The minimum absolute atomic E-state index is 0.0103. The quantitative estimate of drug-likeness (QED) is 0.205. The number of ether oxygens (including phenoxy) is 3. The van der Waals surface area contributed by atoms with Gasteiger partial charge in [-0.05, 0) is 0 Å². The molecule has 45 heavy (non-hydrogen) atoms. The fourth-order valence-electron chi connectivity index (χ4n) is 5.28. The topological polar surface area (TPSA) is 263 Å². The monoisotopic (exact) mass is 677 g/mol. The second kappa shape index (κ2) is 11.2. The smallest absolute Gasteiger partial charge is 0.382 e. The van der Waals surface area contributed by atoms with Gasteiger partial charge < -0.3 is 39.2 Å². The molecule has 4 aromatic rings. The van der Waals surface area contributed by atoms with Crippen molar-refractivity contribution >= 4 is 43.6 Å². The molecule has 0 aromatic carbocycles. The van der Waals surface area contributed by atoms with Crippen LogP contribution in [0.25, 0.3) is 22.3 Å². The van der Waals surface area contributed by atoms with Crippen molar-refractivity contribution in [3.63, 3.8) is 0 Å². The molecule has 3 fully saturated rings. The Hall–Kier alpha value is -3.30. The Balaban J connectivity index is 1.20. The van der Waals surface area contributed by atoms with E-state index in [4.69, 9.17) is 33.5 Å². The Bertz CT molecular complexity index is 1910. The van der Waals surface area contributed by atoms with Gasteiger partial charge in [0.2, 0.25) is 0 Å². The molecule has 24 heteroatoms. The van der Waals surface area contributed by atoms with Gasteiger partial charge in [0.05, 0.1) is 32.2 Å². The summed E-state index contributed by atoms with van der Waals surface area (Å²) in [7, 11) is -9.86. The lowest BCUT2D eigenvalue weighted by Gasteiger charge is -2.25. The van der Waals surface area contributed by atoms with Crippen molar-refractivity contribution in [2.75, 3.05) is 25.3 Å². The molecular formula is C21H23F2N9O11P2. The van der Waals surface area contributed by atoms with Gasteiger partial charge in [0.1, 0.15) is 42.6 Å². The second-order valence-electron chi connectivity index (χ2n) is 10.2. The summed E-state index contributed by atoms with van der Waals surface area (Å²) in [5, 5.41) is 0. The summed E-state index contributed by atoms with van der Waals surface area (Å²) < 4.78 is 92.0. The highest BCUT2D eigenvalue weighted by Crippen LogP contribution is 2.52. The number of nitrogens with zero attached hydrogens (tertiary/aromatic N) is 7. The van der Waals surface area contributed by atoms with Crippen LogP contribution in [-0.2, 0) is 36.9 Å². The van der Waals surface area contributed by atoms with Crippen LogP contribution in [-0.4, -0.2) is 105 Å². The third kappa shape index (κ3) is 5.46. The Morgan fingerprint density at radius 2 is 1.58 bits per heavy atom. The molecule has 7 rings (SSSR count). The first kappa shape index (κ1) is 30.4. The van der Waals surface area contributed by atoms with E-state index in [0.717, 1.165) is 23.5 Å². The third-order valence-electron chi connectivity index (χ3n) is 7.36. The summed E-state index contributed by atoms with van der Waals surface area (Å²) in [6, 6.07) is 0. The van der Waals surface area contributed by atoms with E-state index in [-0.39, 0.29) is 28.1 Å². The number of aromatic nitrogens is 8. The number of nitrogens with two attached hydrogens (primary N) is 1. The van der Waals surface area contributed by atoms with Crippen molar-refractivity contribution in [3.05, 3.63) is 35.7 Å². The molecule has 0 amide bonds. The maximum Gasteiger partial charge on any atom is 0.472 e. The van der Waals surface area contributed by atoms with E-state index in [9.17, 15) is 23.7 Å². The van der Waals surface area contributed by atoms with Crippen molar-refractivity contribution in [1.29, 1.82) is 0 Å². The molecule has 7 heterocycles. The molecule has 3 aliphatic heterocycles. The minimum atomic E-state index is -5.18. The summed E-state index contributed by atoms with van der Waals surface area (Å²) >= 11 is 0. The largest absolute Gasteiger partial charge is 0.472 e. The summed E-state index contributed by atoms with van der Waals surface area (Å²) in [6.45, 7) is -1.72.